The van der Waals surface area contributed by atoms with Crippen LogP contribution in [0.5, 0.6) is 0 Å². The average molecular weight is 353 g/mol. The first-order valence-electron chi connectivity index (χ1n) is 6.97. The molecule has 0 aliphatic carbocycles. The lowest BCUT2D eigenvalue weighted by Gasteiger charge is -2.11. The highest BCUT2D eigenvalue weighted by Gasteiger charge is 2.17. The molecular formula is C16H17ClN2O3S. The van der Waals surface area contributed by atoms with Gasteiger partial charge in [0, 0.05) is 22.3 Å². The number of benzene rings is 2. The number of nitrogens with one attached hydrogen (secondary N) is 2. The van der Waals surface area contributed by atoms with Gasteiger partial charge in [0.15, 0.2) is 0 Å². The summed E-state index contributed by atoms with van der Waals surface area (Å²) in [6.45, 7) is 3.46. The van der Waals surface area contributed by atoms with Gasteiger partial charge >= 0.3 is 0 Å². The number of carbonyl (C=O) groups excluding carboxylic acids is 1. The minimum atomic E-state index is -3.65. The Hall–Kier alpha value is -1.89. The van der Waals surface area contributed by atoms with Gasteiger partial charge in [-0.25, -0.2) is 13.1 Å². The number of amides is 1. The van der Waals surface area contributed by atoms with Crippen LogP contribution in [0, 0.1) is 0 Å². The fraction of sp³-hybridized carbons (Fsp3) is 0.188. The van der Waals surface area contributed by atoms with Crippen molar-refractivity contribution in [2.75, 3.05) is 5.32 Å². The molecule has 2 rings (SSSR count). The van der Waals surface area contributed by atoms with Gasteiger partial charge in [-0.2, -0.15) is 0 Å². The Morgan fingerprint density at radius 2 is 1.78 bits per heavy atom. The first-order valence-corrected chi connectivity index (χ1v) is 8.83. The molecule has 0 aromatic heterocycles. The third kappa shape index (κ3) is 4.79. The highest BCUT2D eigenvalue weighted by atomic mass is 35.5. The number of hydrogen-bond acceptors (Lipinski definition) is 3. The molecule has 5 nitrogen and oxygen atoms in total. The molecule has 2 aromatic rings. The third-order valence-corrected chi connectivity index (χ3v) is 4.77. The van der Waals surface area contributed by atoms with Crippen LogP contribution in [0.4, 0.5) is 5.69 Å². The minimum Gasteiger partial charge on any atom is -0.322 e. The van der Waals surface area contributed by atoms with E-state index in [0.717, 1.165) is 0 Å². The second-order valence-electron chi connectivity index (χ2n) is 5.27. The van der Waals surface area contributed by atoms with Crippen molar-refractivity contribution in [3.8, 4) is 0 Å². The number of hydrogen-bond donors (Lipinski definition) is 2. The molecular weight excluding hydrogens is 336 g/mol. The smallest absolute Gasteiger partial charge is 0.255 e. The summed E-state index contributed by atoms with van der Waals surface area (Å²) < 4.78 is 26.8. The number of carbonyl (C=O) groups is 1. The van der Waals surface area contributed by atoms with Gasteiger partial charge in [0.2, 0.25) is 10.0 Å². The van der Waals surface area contributed by atoms with Gasteiger partial charge in [-0.1, -0.05) is 23.7 Å². The Balaban J connectivity index is 2.24. The van der Waals surface area contributed by atoms with E-state index in [4.69, 9.17) is 11.6 Å². The molecule has 1 amide bonds. The van der Waals surface area contributed by atoms with Crippen molar-refractivity contribution in [1.82, 2.24) is 4.72 Å². The summed E-state index contributed by atoms with van der Waals surface area (Å²) in [5, 5.41) is 3.18. The van der Waals surface area contributed by atoms with E-state index in [9.17, 15) is 13.2 Å². The molecule has 0 heterocycles. The first-order chi connectivity index (χ1) is 10.8. The molecule has 0 spiro atoms. The molecule has 0 fully saturated rings. The van der Waals surface area contributed by atoms with Crippen LogP contribution in [0.15, 0.2) is 53.4 Å². The maximum absolute atomic E-state index is 12.3. The van der Waals surface area contributed by atoms with Gasteiger partial charge in [0.1, 0.15) is 0 Å². The van der Waals surface area contributed by atoms with Crippen molar-refractivity contribution >= 4 is 33.2 Å². The van der Waals surface area contributed by atoms with E-state index in [0.29, 0.717) is 10.7 Å². The molecule has 0 bridgehead atoms. The molecule has 2 aromatic carbocycles. The molecule has 0 unspecified atom stereocenters. The van der Waals surface area contributed by atoms with Crippen molar-refractivity contribution in [1.29, 1.82) is 0 Å². The van der Waals surface area contributed by atoms with Crippen molar-refractivity contribution < 1.29 is 13.2 Å². The largest absolute Gasteiger partial charge is 0.322 e. The van der Waals surface area contributed by atoms with Crippen LogP contribution in [-0.4, -0.2) is 20.4 Å². The Labute approximate surface area is 140 Å². The summed E-state index contributed by atoms with van der Waals surface area (Å²) in [6.07, 6.45) is 0. The van der Waals surface area contributed by atoms with Crippen molar-refractivity contribution in [2.45, 2.75) is 24.8 Å². The van der Waals surface area contributed by atoms with Gasteiger partial charge in [-0.3, -0.25) is 4.79 Å². The van der Waals surface area contributed by atoms with E-state index in [1.807, 2.05) is 0 Å². The summed E-state index contributed by atoms with van der Waals surface area (Å²) >= 11 is 5.87. The van der Waals surface area contributed by atoms with Crippen LogP contribution in [0.25, 0.3) is 0 Å². The average Bonchev–Trinajstić information content (AvgIpc) is 2.46. The lowest BCUT2D eigenvalue weighted by molar-refractivity contribution is 0.102. The van der Waals surface area contributed by atoms with Gasteiger partial charge in [0.25, 0.3) is 5.91 Å². The number of sulfonamides is 1. The van der Waals surface area contributed by atoms with Gasteiger partial charge in [0.05, 0.1) is 4.90 Å². The highest BCUT2D eigenvalue weighted by molar-refractivity contribution is 7.89. The molecule has 23 heavy (non-hydrogen) atoms. The predicted molar refractivity (Wildman–Crippen MR) is 91.3 cm³/mol. The monoisotopic (exact) mass is 352 g/mol. The Bertz CT molecular complexity index is 820. The van der Waals surface area contributed by atoms with Crippen LogP contribution < -0.4 is 10.0 Å². The van der Waals surface area contributed by atoms with Crippen LogP contribution in [0.1, 0.15) is 24.2 Å². The highest BCUT2D eigenvalue weighted by Crippen LogP contribution is 2.17. The molecule has 7 heteroatoms. The zero-order chi connectivity index (χ0) is 17.0. The molecule has 0 aliphatic rings. The number of halogens is 1. The van der Waals surface area contributed by atoms with E-state index in [-0.39, 0.29) is 16.5 Å². The van der Waals surface area contributed by atoms with Gasteiger partial charge in [-0.15, -0.1) is 0 Å². The molecule has 2 N–H and O–H groups in total. The summed E-state index contributed by atoms with van der Waals surface area (Å²) in [4.78, 5) is 12.3. The lowest BCUT2D eigenvalue weighted by atomic mass is 10.2. The van der Waals surface area contributed by atoms with E-state index in [2.05, 4.69) is 10.0 Å². The van der Waals surface area contributed by atoms with E-state index < -0.39 is 15.9 Å². The lowest BCUT2D eigenvalue weighted by Crippen LogP contribution is -2.30. The standard InChI is InChI=1S/C16H17ClN2O3S/c1-11(2)19-23(21,22)15-8-3-5-12(9-15)16(20)18-14-7-4-6-13(17)10-14/h3-11,19H,1-2H3,(H,18,20). The SMILES string of the molecule is CC(C)NS(=O)(=O)c1cccc(C(=O)Nc2cccc(Cl)c2)c1. The Morgan fingerprint density at radius 1 is 1.09 bits per heavy atom. The molecule has 0 atom stereocenters. The maximum Gasteiger partial charge on any atom is 0.255 e. The van der Waals surface area contributed by atoms with E-state index in [1.165, 1.54) is 18.2 Å². The molecule has 0 aliphatic heterocycles. The molecule has 0 saturated carbocycles. The van der Waals surface area contributed by atoms with Gasteiger partial charge < -0.3 is 5.32 Å². The Morgan fingerprint density at radius 3 is 2.43 bits per heavy atom. The van der Waals surface area contributed by atoms with Crippen LogP contribution >= 0.6 is 11.6 Å². The molecule has 0 saturated heterocycles. The van der Waals surface area contributed by atoms with Crippen molar-refractivity contribution in [3.05, 3.63) is 59.1 Å². The maximum atomic E-state index is 12.3. The second kappa shape index (κ2) is 7.12. The quantitative estimate of drug-likeness (QED) is 0.867. The summed E-state index contributed by atoms with van der Waals surface area (Å²) in [5.74, 6) is -0.408. The van der Waals surface area contributed by atoms with Crippen LogP contribution in [0.3, 0.4) is 0 Å². The third-order valence-electron chi connectivity index (χ3n) is 2.88. The van der Waals surface area contributed by atoms with Crippen molar-refractivity contribution in [3.63, 3.8) is 0 Å². The first kappa shape index (κ1) is 17.5. The summed E-state index contributed by atoms with van der Waals surface area (Å²) in [7, 11) is -3.65. The van der Waals surface area contributed by atoms with E-state index >= 15 is 0 Å². The number of anilines is 1. The number of rotatable bonds is 5. The summed E-state index contributed by atoms with van der Waals surface area (Å²) in [6, 6.07) is 12.4. The molecule has 122 valence electrons. The van der Waals surface area contributed by atoms with Crippen molar-refractivity contribution in [2.24, 2.45) is 0 Å². The normalized spacial score (nSPS) is 11.5. The fourth-order valence-corrected chi connectivity index (χ4v) is 3.44. The second-order valence-corrected chi connectivity index (χ2v) is 7.42. The topological polar surface area (TPSA) is 75.3 Å². The van der Waals surface area contributed by atoms with Gasteiger partial charge in [-0.05, 0) is 50.2 Å². The zero-order valence-corrected chi connectivity index (χ0v) is 14.3. The zero-order valence-electron chi connectivity index (χ0n) is 12.7. The molecule has 0 radical (unpaired) electrons. The van der Waals surface area contributed by atoms with Crippen LogP contribution in [-0.2, 0) is 10.0 Å². The summed E-state index contributed by atoms with van der Waals surface area (Å²) in [5.41, 5.74) is 0.785. The minimum absolute atomic E-state index is 0.0462. The Kier molecular flexibility index (Phi) is 5.41. The van der Waals surface area contributed by atoms with E-state index in [1.54, 1.807) is 44.2 Å². The van der Waals surface area contributed by atoms with Crippen LogP contribution in [0.2, 0.25) is 5.02 Å². The predicted octanol–water partition coefficient (Wildman–Crippen LogP) is 3.28. The fourth-order valence-electron chi connectivity index (χ4n) is 1.95.